The van der Waals surface area contributed by atoms with Gasteiger partial charge < -0.3 is 9.80 Å². The maximum Gasteiger partial charge on any atom is 0.255 e. The van der Waals surface area contributed by atoms with Crippen LogP contribution in [0.25, 0.3) is 5.82 Å². The number of piperidine rings is 2. The zero-order valence-corrected chi connectivity index (χ0v) is 17.5. The molecule has 2 atom stereocenters. The Bertz CT molecular complexity index is 906. The Morgan fingerprint density at radius 3 is 2.72 bits per heavy atom. The zero-order valence-electron chi connectivity index (χ0n) is 17.5. The predicted molar refractivity (Wildman–Crippen MR) is 110 cm³/mol. The molecule has 29 heavy (non-hydrogen) atoms. The summed E-state index contributed by atoms with van der Waals surface area (Å²) >= 11 is 0. The van der Waals surface area contributed by atoms with E-state index in [1.54, 1.807) is 19.3 Å². The quantitative estimate of drug-likeness (QED) is 0.801. The third-order valence-corrected chi connectivity index (χ3v) is 6.58. The molecule has 2 aliphatic heterocycles. The highest BCUT2D eigenvalue weighted by Crippen LogP contribution is 2.39. The molecule has 2 fully saturated rings. The molecule has 2 saturated heterocycles. The van der Waals surface area contributed by atoms with Crippen molar-refractivity contribution in [3.05, 3.63) is 42.1 Å². The molecule has 0 unspecified atom stereocenters. The summed E-state index contributed by atoms with van der Waals surface area (Å²) in [5.41, 5.74) is 0.270. The highest BCUT2D eigenvalue weighted by molar-refractivity contribution is 5.94. The van der Waals surface area contributed by atoms with Crippen molar-refractivity contribution in [1.29, 1.82) is 0 Å². The first kappa shape index (κ1) is 19.6. The number of rotatable bonds is 3. The summed E-state index contributed by atoms with van der Waals surface area (Å²) in [6.07, 6.45) is 9.84. The van der Waals surface area contributed by atoms with E-state index in [4.69, 9.17) is 0 Å². The lowest BCUT2D eigenvalue weighted by Crippen LogP contribution is -2.68. The van der Waals surface area contributed by atoms with E-state index in [1.165, 1.54) is 0 Å². The van der Waals surface area contributed by atoms with Crippen molar-refractivity contribution in [2.75, 3.05) is 13.1 Å². The molecular formula is C22H29N5O2. The van der Waals surface area contributed by atoms with Crippen LogP contribution in [0.4, 0.5) is 0 Å². The monoisotopic (exact) mass is 395 g/mol. The van der Waals surface area contributed by atoms with Gasteiger partial charge in [0.25, 0.3) is 5.91 Å². The lowest BCUT2D eigenvalue weighted by Gasteiger charge is -2.56. The van der Waals surface area contributed by atoms with Crippen LogP contribution in [0.5, 0.6) is 0 Å². The molecule has 0 radical (unpaired) electrons. The molecule has 2 amide bonds. The Hall–Kier alpha value is -2.70. The van der Waals surface area contributed by atoms with Crippen LogP contribution in [-0.2, 0) is 11.2 Å². The minimum absolute atomic E-state index is 0.00278. The fourth-order valence-electron chi connectivity index (χ4n) is 5.07. The number of aryl methyl sites for hydroxylation is 1. The van der Waals surface area contributed by atoms with E-state index in [1.807, 2.05) is 32.7 Å². The summed E-state index contributed by atoms with van der Waals surface area (Å²) in [5.74, 6) is 1.81. The van der Waals surface area contributed by atoms with E-state index in [2.05, 4.69) is 23.8 Å². The van der Waals surface area contributed by atoms with Crippen LogP contribution in [0.1, 0.15) is 62.6 Å². The van der Waals surface area contributed by atoms with E-state index < -0.39 is 0 Å². The van der Waals surface area contributed by atoms with Gasteiger partial charge in [0, 0.05) is 45.0 Å². The van der Waals surface area contributed by atoms with Gasteiger partial charge in [-0.05, 0) is 44.7 Å². The fraction of sp³-hybridized carbons (Fsp3) is 0.545. The van der Waals surface area contributed by atoms with Crippen LogP contribution in [0.15, 0.2) is 30.7 Å². The van der Waals surface area contributed by atoms with Gasteiger partial charge in [0.15, 0.2) is 0 Å². The molecule has 2 aromatic rings. The standard InChI is InChI=1S/C22H29N5O2/c1-4-19-23-11-14-26(19)20-9-8-17(15-24-20)21(29)27-13-5-7-18-22(27,3)10-6-12-25(18)16(2)28/h8-9,11,14-15,18H,4-7,10,12-13H2,1-3H3/t18-,22-/m0/s1. The minimum Gasteiger partial charge on any atom is -0.338 e. The largest absolute Gasteiger partial charge is 0.338 e. The first-order valence-corrected chi connectivity index (χ1v) is 10.5. The van der Waals surface area contributed by atoms with Crippen LogP contribution < -0.4 is 0 Å². The number of hydrogen-bond acceptors (Lipinski definition) is 4. The number of hydrogen-bond donors (Lipinski definition) is 0. The van der Waals surface area contributed by atoms with E-state index >= 15 is 0 Å². The number of pyridine rings is 1. The molecule has 4 rings (SSSR count). The Morgan fingerprint density at radius 1 is 1.21 bits per heavy atom. The Balaban J connectivity index is 1.59. The van der Waals surface area contributed by atoms with E-state index in [0.717, 1.165) is 56.8 Å². The van der Waals surface area contributed by atoms with Gasteiger partial charge in [-0.15, -0.1) is 0 Å². The van der Waals surface area contributed by atoms with Crippen molar-refractivity contribution in [2.24, 2.45) is 0 Å². The average Bonchev–Trinajstić information content (AvgIpc) is 3.21. The molecule has 0 saturated carbocycles. The normalized spacial score (nSPS) is 24.3. The second kappa shape index (κ2) is 7.61. The average molecular weight is 396 g/mol. The van der Waals surface area contributed by atoms with Gasteiger partial charge in [0.1, 0.15) is 11.6 Å². The summed E-state index contributed by atoms with van der Waals surface area (Å²) in [5, 5.41) is 0. The third-order valence-electron chi connectivity index (χ3n) is 6.58. The van der Waals surface area contributed by atoms with Crippen molar-refractivity contribution in [1.82, 2.24) is 24.3 Å². The van der Waals surface area contributed by atoms with Crippen molar-refractivity contribution in [3.63, 3.8) is 0 Å². The van der Waals surface area contributed by atoms with E-state index in [-0.39, 0.29) is 23.4 Å². The lowest BCUT2D eigenvalue weighted by molar-refractivity contribution is -0.140. The predicted octanol–water partition coefficient (Wildman–Crippen LogP) is 2.84. The second-order valence-electron chi connectivity index (χ2n) is 8.26. The third kappa shape index (κ3) is 3.32. The number of nitrogens with zero attached hydrogens (tertiary/aromatic N) is 5. The first-order chi connectivity index (χ1) is 14.0. The van der Waals surface area contributed by atoms with Crippen LogP contribution in [0.2, 0.25) is 0 Å². The maximum absolute atomic E-state index is 13.4. The van der Waals surface area contributed by atoms with Gasteiger partial charge in [-0.1, -0.05) is 6.92 Å². The van der Waals surface area contributed by atoms with Crippen molar-refractivity contribution >= 4 is 11.8 Å². The summed E-state index contributed by atoms with van der Waals surface area (Å²) in [4.78, 5) is 38.4. The number of amides is 2. The molecule has 0 spiro atoms. The molecule has 0 aliphatic carbocycles. The van der Waals surface area contributed by atoms with Crippen LogP contribution >= 0.6 is 0 Å². The van der Waals surface area contributed by atoms with Crippen molar-refractivity contribution < 1.29 is 9.59 Å². The van der Waals surface area contributed by atoms with Gasteiger partial charge in [-0.3, -0.25) is 14.2 Å². The number of aromatic nitrogens is 3. The second-order valence-corrected chi connectivity index (χ2v) is 8.26. The number of imidazole rings is 1. The summed E-state index contributed by atoms with van der Waals surface area (Å²) in [7, 11) is 0. The minimum atomic E-state index is -0.322. The number of carbonyl (C=O) groups excluding carboxylic acids is 2. The fourth-order valence-corrected chi connectivity index (χ4v) is 5.07. The smallest absolute Gasteiger partial charge is 0.255 e. The zero-order chi connectivity index (χ0) is 20.6. The first-order valence-electron chi connectivity index (χ1n) is 10.5. The molecule has 2 aromatic heterocycles. The van der Waals surface area contributed by atoms with E-state index in [9.17, 15) is 9.59 Å². The molecule has 154 valence electrons. The van der Waals surface area contributed by atoms with Gasteiger partial charge in [0.2, 0.25) is 5.91 Å². The molecule has 0 bridgehead atoms. The van der Waals surface area contributed by atoms with Crippen LogP contribution in [0.3, 0.4) is 0 Å². The maximum atomic E-state index is 13.4. The topological polar surface area (TPSA) is 71.3 Å². The molecule has 4 heterocycles. The van der Waals surface area contributed by atoms with Gasteiger partial charge in [0.05, 0.1) is 17.1 Å². The molecule has 2 aliphatic rings. The molecule has 0 aromatic carbocycles. The summed E-state index contributed by atoms with van der Waals surface area (Å²) in [6.45, 7) is 7.35. The van der Waals surface area contributed by atoms with Crippen LogP contribution in [-0.4, -0.2) is 60.8 Å². The SMILES string of the molecule is CCc1nccn1-c1ccc(C(=O)N2CCC[C@@H]3N(C(C)=O)CCC[C@@]32C)cn1. The Morgan fingerprint density at radius 2 is 2.03 bits per heavy atom. The molecule has 7 heteroatoms. The summed E-state index contributed by atoms with van der Waals surface area (Å²) < 4.78 is 1.94. The van der Waals surface area contributed by atoms with Gasteiger partial charge in [-0.2, -0.15) is 0 Å². The van der Waals surface area contributed by atoms with Gasteiger partial charge >= 0.3 is 0 Å². The number of carbonyl (C=O) groups is 2. The number of fused-ring (bicyclic) bond motifs is 1. The molecular weight excluding hydrogens is 366 g/mol. The van der Waals surface area contributed by atoms with Gasteiger partial charge in [-0.25, -0.2) is 9.97 Å². The Kier molecular flexibility index (Phi) is 5.15. The van der Waals surface area contributed by atoms with Crippen molar-refractivity contribution in [3.8, 4) is 5.82 Å². The lowest BCUT2D eigenvalue weighted by atomic mass is 9.75. The number of likely N-dealkylation sites (tertiary alicyclic amines) is 2. The molecule has 7 nitrogen and oxygen atoms in total. The Labute approximate surface area is 171 Å². The van der Waals surface area contributed by atoms with Crippen LogP contribution in [0, 0.1) is 0 Å². The van der Waals surface area contributed by atoms with Crippen molar-refractivity contribution in [2.45, 2.75) is 64.5 Å². The highest BCUT2D eigenvalue weighted by Gasteiger charge is 2.49. The highest BCUT2D eigenvalue weighted by atomic mass is 16.2. The molecule has 0 N–H and O–H groups in total. The van der Waals surface area contributed by atoms with E-state index in [0.29, 0.717) is 5.56 Å². The summed E-state index contributed by atoms with van der Waals surface area (Å²) in [6, 6.07) is 3.82.